The lowest BCUT2D eigenvalue weighted by molar-refractivity contribution is -0.116. The third-order valence-electron chi connectivity index (χ3n) is 2.07. The van der Waals surface area contributed by atoms with Crippen molar-refractivity contribution in [2.75, 3.05) is 11.4 Å². The number of anilines is 1. The number of carbonyl (C=O) groups is 1. The molecule has 1 aromatic rings. The minimum atomic E-state index is -0.0329. The molecular formula is C9H9BrN2O. The van der Waals surface area contributed by atoms with Crippen LogP contribution < -0.4 is 4.90 Å². The molecule has 0 bridgehead atoms. The quantitative estimate of drug-likeness (QED) is 0.699. The van der Waals surface area contributed by atoms with E-state index in [0.717, 1.165) is 18.8 Å². The Kier molecular flexibility index (Phi) is 2.31. The van der Waals surface area contributed by atoms with E-state index >= 15 is 0 Å². The Hall–Kier alpha value is -0.900. The zero-order valence-electron chi connectivity index (χ0n) is 6.98. The minimum absolute atomic E-state index is 0.0329. The topological polar surface area (TPSA) is 33.2 Å². The van der Waals surface area contributed by atoms with Gasteiger partial charge < -0.3 is 0 Å². The van der Waals surface area contributed by atoms with Crippen LogP contribution in [-0.4, -0.2) is 22.3 Å². The third-order valence-corrected chi connectivity index (χ3v) is 2.92. The lowest BCUT2D eigenvalue weighted by Crippen LogP contribution is -2.27. The van der Waals surface area contributed by atoms with Crippen LogP contribution in [0.3, 0.4) is 0 Å². The predicted molar refractivity (Wildman–Crippen MR) is 53.9 cm³/mol. The summed E-state index contributed by atoms with van der Waals surface area (Å²) in [5.74, 6) is 0.855. The summed E-state index contributed by atoms with van der Waals surface area (Å²) in [6, 6.07) is 5.58. The van der Waals surface area contributed by atoms with Crippen LogP contribution in [0.5, 0.6) is 0 Å². The second-order valence-electron chi connectivity index (χ2n) is 2.93. The molecule has 1 aromatic heterocycles. The highest BCUT2D eigenvalue weighted by molar-refractivity contribution is 9.10. The Bertz CT molecular complexity index is 315. The van der Waals surface area contributed by atoms with Crippen LogP contribution in [-0.2, 0) is 4.79 Å². The van der Waals surface area contributed by atoms with Crippen LogP contribution >= 0.6 is 15.9 Å². The number of hydrogen-bond acceptors (Lipinski definition) is 2. The largest absolute Gasteiger partial charge is 0.296 e. The molecule has 0 aromatic carbocycles. The van der Waals surface area contributed by atoms with Crippen LogP contribution in [0.4, 0.5) is 5.82 Å². The number of pyridine rings is 1. The standard InChI is InChI=1S/C9H9BrN2O/c10-7-4-6-12(9(7)13)8-3-1-2-5-11-8/h1-3,5,7H,4,6H2. The summed E-state index contributed by atoms with van der Waals surface area (Å²) >= 11 is 3.32. The first-order valence-corrected chi connectivity index (χ1v) is 5.07. The van der Waals surface area contributed by atoms with Crippen molar-refractivity contribution in [2.24, 2.45) is 0 Å². The van der Waals surface area contributed by atoms with Gasteiger partial charge in [0.2, 0.25) is 5.91 Å². The fourth-order valence-electron chi connectivity index (χ4n) is 1.39. The summed E-state index contributed by atoms with van der Waals surface area (Å²) in [6.07, 6.45) is 2.56. The van der Waals surface area contributed by atoms with Gasteiger partial charge in [-0.05, 0) is 18.6 Å². The second kappa shape index (κ2) is 3.46. The number of nitrogens with zero attached hydrogens (tertiary/aromatic N) is 2. The summed E-state index contributed by atoms with van der Waals surface area (Å²) < 4.78 is 0. The smallest absolute Gasteiger partial charge is 0.241 e. The highest BCUT2D eigenvalue weighted by atomic mass is 79.9. The lowest BCUT2D eigenvalue weighted by atomic mass is 10.4. The van der Waals surface area contributed by atoms with Crippen molar-refractivity contribution in [3.05, 3.63) is 24.4 Å². The molecular weight excluding hydrogens is 232 g/mol. The minimum Gasteiger partial charge on any atom is -0.296 e. The molecule has 68 valence electrons. The van der Waals surface area contributed by atoms with E-state index in [1.54, 1.807) is 11.1 Å². The van der Waals surface area contributed by atoms with E-state index in [0.29, 0.717) is 0 Å². The number of hydrogen-bond donors (Lipinski definition) is 0. The van der Waals surface area contributed by atoms with Gasteiger partial charge in [-0.1, -0.05) is 22.0 Å². The first kappa shape index (κ1) is 8.69. The number of halogens is 1. The summed E-state index contributed by atoms with van der Waals surface area (Å²) in [7, 11) is 0. The van der Waals surface area contributed by atoms with Crippen molar-refractivity contribution in [1.29, 1.82) is 0 Å². The molecule has 1 unspecified atom stereocenters. The molecule has 2 rings (SSSR count). The van der Waals surface area contributed by atoms with Gasteiger partial charge in [0.1, 0.15) is 5.82 Å². The Morgan fingerprint density at radius 1 is 1.54 bits per heavy atom. The Morgan fingerprint density at radius 2 is 2.38 bits per heavy atom. The first-order chi connectivity index (χ1) is 6.29. The van der Waals surface area contributed by atoms with Crippen molar-refractivity contribution in [3.8, 4) is 0 Å². The molecule has 13 heavy (non-hydrogen) atoms. The van der Waals surface area contributed by atoms with Gasteiger partial charge in [-0.25, -0.2) is 4.98 Å². The van der Waals surface area contributed by atoms with Gasteiger partial charge in [0.05, 0.1) is 4.83 Å². The maximum Gasteiger partial charge on any atom is 0.241 e. The molecule has 2 heterocycles. The van der Waals surface area contributed by atoms with Gasteiger partial charge >= 0.3 is 0 Å². The molecule has 1 atom stereocenters. The number of amides is 1. The summed E-state index contributed by atoms with van der Waals surface area (Å²) in [6.45, 7) is 0.756. The predicted octanol–water partition coefficient (Wildman–Crippen LogP) is 1.58. The van der Waals surface area contributed by atoms with Gasteiger partial charge in [0.25, 0.3) is 0 Å². The fraction of sp³-hybridized carbons (Fsp3) is 0.333. The van der Waals surface area contributed by atoms with Gasteiger partial charge in [0.15, 0.2) is 0 Å². The van der Waals surface area contributed by atoms with Crippen LogP contribution in [0.1, 0.15) is 6.42 Å². The average Bonchev–Trinajstić information content (AvgIpc) is 2.49. The van der Waals surface area contributed by atoms with E-state index in [2.05, 4.69) is 20.9 Å². The maximum absolute atomic E-state index is 11.5. The number of rotatable bonds is 1. The van der Waals surface area contributed by atoms with E-state index in [9.17, 15) is 4.79 Å². The van der Waals surface area contributed by atoms with Crippen molar-refractivity contribution < 1.29 is 4.79 Å². The monoisotopic (exact) mass is 240 g/mol. The molecule has 1 aliphatic heterocycles. The fourth-order valence-corrected chi connectivity index (χ4v) is 1.84. The molecule has 0 radical (unpaired) electrons. The molecule has 0 saturated carbocycles. The van der Waals surface area contributed by atoms with Crippen molar-refractivity contribution in [1.82, 2.24) is 4.98 Å². The van der Waals surface area contributed by atoms with Crippen molar-refractivity contribution >= 4 is 27.7 Å². The molecule has 0 N–H and O–H groups in total. The molecule has 1 saturated heterocycles. The molecule has 1 amide bonds. The zero-order valence-corrected chi connectivity index (χ0v) is 8.57. The molecule has 0 spiro atoms. The Morgan fingerprint density at radius 3 is 2.92 bits per heavy atom. The number of carbonyl (C=O) groups excluding carboxylic acids is 1. The number of aromatic nitrogens is 1. The highest BCUT2D eigenvalue weighted by Gasteiger charge is 2.30. The molecule has 4 heteroatoms. The van der Waals surface area contributed by atoms with E-state index < -0.39 is 0 Å². The Labute approximate surface area is 84.9 Å². The first-order valence-electron chi connectivity index (χ1n) is 4.15. The zero-order chi connectivity index (χ0) is 9.26. The van der Waals surface area contributed by atoms with E-state index in [1.165, 1.54) is 0 Å². The highest BCUT2D eigenvalue weighted by Crippen LogP contribution is 2.22. The van der Waals surface area contributed by atoms with Gasteiger partial charge in [-0.15, -0.1) is 0 Å². The van der Waals surface area contributed by atoms with Gasteiger partial charge in [-0.3, -0.25) is 9.69 Å². The van der Waals surface area contributed by atoms with Crippen LogP contribution in [0.15, 0.2) is 24.4 Å². The SMILES string of the molecule is O=C1C(Br)CCN1c1ccccn1. The maximum atomic E-state index is 11.5. The van der Waals surface area contributed by atoms with Crippen molar-refractivity contribution in [3.63, 3.8) is 0 Å². The molecule has 0 aliphatic carbocycles. The van der Waals surface area contributed by atoms with Gasteiger partial charge in [0, 0.05) is 12.7 Å². The Balaban J connectivity index is 2.24. The van der Waals surface area contributed by atoms with Gasteiger partial charge in [-0.2, -0.15) is 0 Å². The van der Waals surface area contributed by atoms with E-state index in [4.69, 9.17) is 0 Å². The van der Waals surface area contributed by atoms with Crippen molar-refractivity contribution in [2.45, 2.75) is 11.2 Å². The van der Waals surface area contributed by atoms with E-state index in [-0.39, 0.29) is 10.7 Å². The summed E-state index contributed by atoms with van der Waals surface area (Å²) in [5, 5.41) is 0. The normalized spacial score (nSPS) is 22.4. The summed E-state index contributed by atoms with van der Waals surface area (Å²) in [4.78, 5) is 17.3. The summed E-state index contributed by atoms with van der Waals surface area (Å²) in [5.41, 5.74) is 0. The van der Waals surface area contributed by atoms with Crippen LogP contribution in [0, 0.1) is 0 Å². The molecule has 3 nitrogen and oxygen atoms in total. The van der Waals surface area contributed by atoms with Crippen LogP contribution in [0.25, 0.3) is 0 Å². The molecule has 1 fully saturated rings. The average molecular weight is 241 g/mol. The molecule has 1 aliphatic rings. The van der Waals surface area contributed by atoms with Crippen LogP contribution in [0.2, 0.25) is 0 Å². The second-order valence-corrected chi connectivity index (χ2v) is 4.04. The third kappa shape index (κ3) is 1.58. The van der Waals surface area contributed by atoms with E-state index in [1.807, 2.05) is 18.2 Å². The number of alkyl halides is 1. The lowest BCUT2D eigenvalue weighted by Gasteiger charge is -2.13.